The van der Waals surface area contributed by atoms with E-state index in [1.807, 2.05) is 121 Å². The van der Waals surface area contributed by atoms with Gasteiger partial charge in [0.15, 0.2) is 0 Å². The van der Waals surface area contributed by atoms with E-state index in [-0.39, 0.29) is 12.3 Å². The maximum atomic E-state index is 13.6. The SMILES string of the molecule is NC(=O)[C@@H](Cc1ccccc1)NC(=O)CC(c1ccccc1)(c1ccccc1)c1ccccc1. The molecule has 0 fully saturated rings. The van der Waals surface area contributed by atoms with Crippen molar-refractivity contribution >= 4 is 11.8 Å². The first kappa shape index (κ1) is 23.0. The lowest BCUT2D eigenvalue weighted by Crippen LogP contribution is -2.48. The van der Waals surface area contributed by atoms with Gasteiger partial charge < -0.3 is 11.1 Å². The Hall–Kier alpha value is -4.18. The van der Waals surface area contributed by atoms with E-state index in [4.69, 9.17) is 5.73 Å². The molecule has 0 saturated heterocycles. The van der Waals surface area contributed by atoms with Crippen molar-refractivity contribution in [3.8, 4) is 0 Å². The highest BCUT2D eigenvalue weighted by atomic mass is 16.2. The molecule has 0 spiro atoms. The molecule has 4 aromatic carbocycles. The van der Waals surface area contributed by atoms with Crippen molar-refractivity contribution in [1.82, 2.24) is 5.32 Å². The quantitative estimate of drug-likeness (QED) is 0.367. The number of carbonyl (C=O) groups is 2. The standard InChI is InChI=1S/C30H28N2O2/c31-29(34)27(21-23-13-5-1-6-14-23)32-28(33)22-30(24-15-7-2-8-16-24,25-17-9-3-10-18-25)26-19-11-4-12-20-26/h1-20,27H,21-22H2,(H2,31,34)(H,32,33)/t27-/m1/s1. The van der Waals surface area contributed by atoms with Crippen molar-refractivity contribution < 1.29 is 9.59 Å². The summed E-state index contributed by atoms with van der Waals surface area (Å²) in [5.74, 6) is -0.793. The molecule has 2 amide bonds. The first-order valence-electron chi connectivity index (χ1n) is 11.4. The van der Waals surface area contributed by atoms with Crippen molar-refractivity contribution in [2.75, 3.05) is 0 Å². The average Bonchev–Trinajstić information content (AvgIpc) is 2.89. The van der Waals surface area contributed by atoms with Crippen LogP contribution in [0.5, 0.6) is 0 Å². The summed E-state index contributed by atoms with van der Waals surface area (Å²) in [6.45, 7) is 0. The van der Waals surface area contributed by atoms with Crippen molar-refractivity contribution in [1.29, 1.82) is 0 Å². The highest BCUT2D eigenvalue weighted by Crippen LogP contribution is 2.42. The van der Waals surface area contributed by atoms with Crippen molar-refractivity contribution in [2.24, 2.45) is 5.73 Å². The fourth-order valence-corrected chi connectivity index (χ4v) is 4.53. The van der Waals surface area contributed by atoms with Crippen LogP contribution < -0.4 is 11.1 Å². The van der Waals surface area contributed by atoms with Crippen LogP contribution in [0, 0.1) is 0 Å². The van der Waals surface area contributed by atoms with Gasteiger partial charge in [0.2, 0.25) is 11.8 Å². The monoisotopic (exact) mass is 448 g/mol. The molecule has 4 heteroatoms. The average molecular weight is 449 g/mol. The summed E-state index contributed by atoms with van der Waals surface area (Å²) in [4.78, 5) is 25.8. The van der Waals surface area contributed by atoms with Gasteiger partial charge in [0, 0.05) is 12.8 Å². The predicted molar refractivity (Wildman–Crippen MR) is 135 cm³/mol. The Bertz CT molecular complexity index is 1110. The molecule has 0 radical (unpaired) electrons. The van der Waals surface area contributed by atoms with Crippen LogP contribution in [0.3, 0.4) is 0 Å². The highest BCUT2D eigenvalue weighted by molar-refractivity contribution is 5.88. The van der Waals surface area contributed by atoms with Gasteiger partial charge in [-0.15, -0.1) is 0 Å². The molecule has 4 aromatic rings. The molecule has 0 bridgehead atoms. The van der Waals surface area contributed by atoms with Crippen LogP contribution in [0.2, 0.25) is 0 Å². The van der Waals surface area contributed by atoms with E-state index < -0.39 is 17.4 Å². The van der Waals surface area contributed by atoms with Crippen LogP contribution >= 0.6 is 0 Å². The molecule has 4 rings (SSSR count). The highest BCUT2D eigenvalue weighted by Gasteiger charge is 2.39. The number of hydrogen-bond donors (Lipinski definition) is 2. The van der Waals surface area contributed by atoms with Gasteiger partial charge in [-0.1, -0.05) is 121 Å². The molecule has 0 aliphatic carbocycles. The smallest absolute Gasteiger partial charge is 0.240 e. The predicted octanol–water partition coefficient (Wildman–Crippen LogP) is 4.62. The third-order valence-electron chi connectivity index (χ3n) is 6.19. The Kier molecular flexibility index (Phi) is 7.19. The summed E-state index contributed by atoms with van der Waals surface area (Å²) in [6.07, 6.45) is 0.473. The molecule has 4 nitrogen and oxygen atoms in total. The maximum Gasteiger partial charge on any atom is 0.240 e. The molecule has 0 unspecified atom stereocenters. The van der Waals surface area contributed by atoms with Crippen LogP contribution in [-0.4, -0.2) is 17.9 Å². The Balaban J connectivity index is 1.74. The molecule has 0 aromatic heterocycles. The van der Waals surface area contributed by atoms with Crippen molar-refractivity contribution in [3.63, 3.8) is 0 Å². The van der Waals surface area contributed by atoms with Crippen LogP contribution in [0.25, 0.3) is 0 Å². The van der Waals surface area contributed by atoms with Gasteiger partial charge >= 0.3 is 0 Å². The normalized spacial score (nSPS) is 12.0. The Labute approximate surface area is 200 Å². The van der Waals surface area contributed by atoms with Crippen LogP contribution in [0.1, 0.15) is 28.7 Å². The van der Waals surface area contributed by atoms with Crippen LogP contribution in [-0.2, 0) is 21.4 Å². The number of rotatable bonds is 9. The summed E-state index contributed by atoms with van der Waals surface area (Å²) in [5, 5.41) is 2.92. The first-order valence-corrected chi connectivity index (χ1v) is 11.4. The molecule has 0 aliphatic rings. The Morgan fingerprint density at radius 3 is 1.41 bits per heavy atom. The zero-order valence-electron chi connectivity index (χ0n) is 18.9. The Morgan fingerprint density at radius 2 is 1.03 bits per heavy atom. The fourth-order valence-electron chi connectivity index (χ4n) is 4.53. The van der Waals surface area contributed by atoms with E-state index in [0.29, 0.717) is 6.42 Å². The zero-order chi connectivity index (χ0) is 23.8. The fraction of sp³-hybridized carbons (Fsp3) is 0.133. The molecule has 0 saturated carbocycles. The summed E-state index contributed by atoms with van der Waals surface area (Å²) in [7, 11) is 0. The molecule has 170 valence electrons. The van der Waals surface area contributed by atoms with Crippen molar-refractivity contribution in [3.05, 3.63) is 144 Å². The topological polar surface area (TPSA) is 72.2 Å². The number of benzene rings is 4. The molecule has 3 N–H and O–H groups in total. The van der Waals surface area contributed by atoms with Gasteiger partial charge in [0.1, 0.15) is 6.04 Å². The molecule has 0 heterocycles. The maximum absolute atomic E-state index is 13.6. The number of nitrogens with two attached hydrogens (primary N) is 1. The van der Waals surface area contributed by atoms with Gasteiger partial charge in [-0.2, -0.15) is 0 Å². The number of primary amides is 1. The number of nitrogens with one attached hydrogen (secondary N) is 1. The molecule has 34 heavy (non-hydrogen) atoms. The minimum absolute atomic E-state index is 0.129. The van der Waals surface area contributed by atoms with E-state index >= 15 is 0 Å². The van der Waals surface area contributed by atoms with Gasteiger partial charge in [0.25, 0.3) is 0 Å². The minimum Gasteiger partial charge on any atom is -0.368 e. The van der Waals surface area contributed by atoms with E-state index in [1.54, 1.807) is 0 Å². The lowest BCUT2D eigenvalue weighted by atomic mass is 9.67. The summed E-state index contributed by atoms with van der Waals surface area (Å²) in [6, 6.07) is 38.8. The first-order chi connectivity index (χ1) is 16.6. The lowest BCUT2D eigenvalue weighted by molar-refractivity contribution is -0.127. The zero-order valence-corrected chi connectivity index (χ0v) is 18.9. The van der Waals surface area contributed by atoms with Gasteiger partial charge in [-0.3, -0.25) is 9.59 Å². The number of hydrogen-bond acceptors (Lipinski definition) is 2. The Morgan fingerprint density at radius 1 is 0.647 bits per heavy atom. The van der Waals surface area contributed by atoms with Crippen LogP contribution in [0.15, 0.2) is 121 Å². The minimum atomic E-state index is -0.796. The van der Waals surface area contributed by atoms with Crippen LogP contribution in [0.4, 0.5) is 0 Å². The summed E-state index contributed by atoms with van der Waals surface area (Å²) >= 11 is 0. The van der Waals surface area contributed by atoms with E-state index in [9.17, 15) is 9.59 Å². The van der Waals surface area contributed by atoms with E-state index in [0.717, 1.165) is 22.3 Å². The third kappa shape index (κ3) is 5.07. The second kappa shape index (κ2) is 10.6. The molecule has 0 aliphatic heterocycles. The lowest BCUT2D eigenvalue weighted by Gasteiger charge is -2.36. The van der Waals surface area contributed by atoms with E-state index in [2.05, 4.69) is 5.32 Å². The van der Waals surface area contributed by atoms with E-state index in [1.165, 1.54) is 0 Å². The van der Waals surface area contributed by atoms with Gasteiger partial charge in [0.05, 0.1) is 5.41 Å². The van der Waals surface area contributed by atoms with Gasteiger partial charge in [-0.25, -0.2) is 0 Å². The molecular weight excluding hydrogens is 420 g/mol. The van der Waals surface area contributed by atoms with Gasteiger partial charge in [-0.05, 0) is 22.3 Å². The molecule has 1 atom stereocenters. The third-order valence-corrected chi connectivity index (χ3v) is 6.19. The second-order valence-corrected chi connectivity index (χ2v) is 8.39. The summed E-state index contributed by atoms with van der Waals surface area (Å²) < 4.78 is 0. The number of carbonyl (C=O) groups excluding carboxylic acids is 2. The molecular formula is C30H28N2O2. The summed E-state index contributed by atoms with van der Waals surface area (Å²) in [5.41, 5.74) is 8.88. The number of amides is 2. The van der Waals surface area contributed by atoms with Crippen molar-refractivity contribution in [2.45, 2.75) is 24.3 Å². The second-order valence-electron chi connectivity index (χ2n) is 8.39. The largest absolute Gasteiger partial charge is 0.368 e.